The van der Waals surface area contributed by atoms with Crippen LogP contribution in [0.15, 0.2) is 60.8 Å². The molecule has 138 valence electrons. The van der Waals surface area contributed by atoms with E-state index in [2.05, 4.69) is 10.4 Å². The standard InChI is InChI=1S/C21H20ClN3O2/c22-16-8-10-17(11-9-16)25-20(15-5-2-1-3-6-15)19(14-24-25)21(26)23-13-18-7-4-12-27-18/h1-3,5-6,8-11,14,18H,4,7,12-13H2,(H,23,26). The molecule has 0 radical (unpaired) electrons. The Morgan fingerprint density at radius 2 is 1.96 bits per heavy atom. The first-order valence-electron chi connectivity index (χ1n) is 9.01. The molecule has 1 aliphatic rings. The summed E-state index contributed by atoms with van der Waals surface area (Å²) in [7, 11) is 0. The Morgan fingerprint density at radius 3 is 2.67 bits per heavy atom. The smallest absolute Gasteiger partial charge is 0.255 e. The zero-order valence-electron chi connectivity index (χ0n) is 14.8. The van der Waals surface area contributed by atoms with Gasteiger partial charge in [-0.3, -0.25) is 4.79 Å². The van der Waals surface area contributed by atoms with E-state index < -0.39 is 0 Å². The number of hydrogen-bond donors (Lipinski definition) is 1. The SMILES string of the molecule is O=C(NCC1CCCO1)c1cnn(-c2ccc(Cl)cc2)c1-c1ccccc1. The zero-order valence-corrected chi connectivity index (χ0v) is 15.5. The van der Waals surface area contributed by atoms with Crippen LogP contribution in [0.1, 0.15) is 23.2 Å². The summed E-state index contributed by atoms with van der Waals surface area (Å²) < 4.78 is 7.36. The Bertz CT molecular complexity index is 916. The summed E-state index contributed by atoms with van der Waals surface area (Å²) in [6, 6.07) is 17.2. The minimum absolute atomic E-state index is 0.0976. The molecule has 1 atom stereocenters. The molecule has 0 spiro atoms. The topological polar surface area (TPSA) is 56.1 Å². The summed E-state index contributed by atoms with van der Waals surface area (Å²) in [5.41, 5.74) is 3.06. The largest absolute Gasteiger partial charge is 0.376 e. The molecule has 1 saturated heterocycles. The van der Waals surface area contributed by atoms with Crippen LogP contribution in [0.3, 0.4) is 0 Å². The molecular weight excluding hydrogens is 362 g/mol. The highest BCUT2D eigenvalue weighted by molar-refractivity contribution is 6.30. The van der Waals surface area contributed by atoms with E-state index in [4.69, 9.17) is 16.3 Å². The lowest BCUT2D eigenvalue weighted by Crippen LogP contribution is -2.31. The van der Waals surface area contributed by atoms with E-state index in [0.29, 0.717) is 17.1 Å². The lowest BCUT2D eigenvalue weighted by atomic mass is 10.1. The van der Waals surface area contributed by atoms with Crippen LogP contribution in [0.2, 0.25) is 5.02 Å². The third-order valence-corrected chi connectivity index (χ3v) is 4.90. The zero-order chi connectivity index (χ0) is 18.6. The summed E-state index contributed by atoms with van der Waals surface area (Å²) in [4.78, 5) is 12.9. The van der Waals surface area contributed by atoms with Gasteiger partial charge in [0.15, 0.2) is 0 Å². The predicted octanol–water partition coefficient (Wildman–Crippen LogP) is 4.10. The number of amides is 1. The molecule has 3 aromatic rings. The monoisotopic (exact) mass is 381 g/mol. The van der Waals surface area contributed by atoms with Crippen molar-refractivity contribution < 1.29 is 9.53 Å². The summed E-state index contributed by atoms with van der Waals surface area (Å²) in [5.74, 6) is -0.149. The molecule has 0 saturated carbocycles. The van der Waals surface area contributed by atoms with Gasteiger partial charge in [0.2, 0.25) is 0 Å². The van der Waals surface area contributed by atoms with Crippen molar-refractivity contribution in [3.8, 4) is 16.9 Å². The average molecular weight is 382 g/mol. The van der Waals surface area contributed by atoms with Gasteiger partial charge in [0.1, 0.15) is 0 Å². The van der Waals surface area contributed by atoms with Crippen molar-refractivity contribution >= 4 is 17.5 Å². The van der Waals surface area contributed by atoms with Crippen LogP contribution in [0.4, 0.5) is 0 Å². The lowest BCUT2D eigenvalue weighted by Gasteiger charge is -2.12. The number of nitrogens with zero attached hydrogens (tertiary/aromatic N) is 2. The number of hydrogen-bond acceptors (Lipinski definition) is 3. The van der Waals surface area contributed by atoms with Crippen LogP contribution in [-0.2, 0) is 4.74 Å². The van der Waals surface area contributed by atoms with Gasteiger partial charge in [-0.15, -0.1) is 0 Å². The number of halogens is 1. The van der Waals surface area contributed by atoms with E-state index >= 15 is 0 Å². The highest BCUT2D eigenvalue weighted by Gasteiger charge is 2.22. The first-order chi connectivity index (χ1) is 13.2. The van der Waals surface area contributed by atoms with Gasteiger partial charge in [-0.05, 0) is 37.1 Å². The molecule has 0 aliphatic carbocycles. The predicted molar refractivity (Wildman–Crippen MR) is 105 cm³/mol. The summed E-state index contributed by atoms with van der Waals surface area (Å²) in [6.07, 6.45) is 3.74. The van der Waals surface area contributed by atoms with Gasteiger partial charge >= 0.3 is 0 Å². The minimum atomic E-state index is -0.149. The second-order valence-electron chi connectivity index (χ2n) is 6.51. The highest BCUT2D eigenvalue weighted by Crippen LogP contribution is 2.27. The van der Waals surface area contributed by atoms with Crippen LogP contribution >= 0.6 is 11.6 Å². The third-order valence-electron chi connectivity index (χ3n) is 4.65. The van der Waals surface area contributed by atoms with E-state index in [0.717, 1.165) is 36.4 Å². The summed E-state index contributed by atoms with van der Waals surface area (Å²) in [5, 5.41) is 8.12. The maximum atomic E-state index is 12.9. The Morgan fingerprint density at radius 1 is 1.19 bits per heavy atom. The average Bonchev–Trinajstić information content (AvgIpc) is 3.37. The lowest BCUT2D eigenvalue weighted by molar-refractivity contribution is 0.0858. The number of aromatic nitrogens is 2. The number of carbonyl (C=O) groups excluding carboxylic acids is 1. The highest BCUT2D eigenvalue weighted by atomic mass is 35.5. The van der Waals surface area contributed by atoms with Gasteiger partial charge < -0.3 is 10.1 Å². The van der Waals surface area contributed by atoms with Gasteiger partial charge in [0, 0.05) is 23.7 Å². The first-order valence-corrected chi connectivity index (χ1v) is 9.39. The number of ether oxygens (including phenoxy) is 1. The first kappa shape index (κ1) is 17.8. The fourth-order valence-corrected chi connectivity index (χ4v) is 3.40. The maximum Gasteiger partial charge on any atom is 0.255 e. The number of benzene rings is 2. The molecular formula is C21H20ClN3O2. The van der Waals surface area contributed by atoms with Crippen molar-refractivity contribution in [1.29, 1.82) is 0 Å². The quantitative estimate of drug-likeness (QED) is 0.723. The second kappa shape index (κ2) is 7.94. The van der Waals surface area contributed by atoms with Crippen LogP contribution in [0, 0.1) is 0 Å². The molecule has 1 fully saturated rings. The Balaban J connectivity index is 1.68. The van der Waals surface area contributed by atoms with Gasteiger partial charge in [-0.1, -0.05) is 41.9 Å². The van der Waals surface area contributed by atoms with Crippen LogP contribution in [0.5, 0.6) is 0 Å². The van der Waals surface area contributed by atoms with Gasteiger partial charge in [0.25, 0.3) is 5.91 Å². The van der Waals surface area contributed by atoms with Crippen molar-refractivity contribution in [2.24, 2.45) is 0 Å². The fraction of sp³-hybridized carbons (Fsp3) is 0.238. The van der Waals surface area contributed by atoms with Crippen LogP contribution in [-0.4, -0.2) is 34.9 Å². The van der Waals surface area contributed by atoms with Gasteiger partial charge in [-0.25, -0.2) is 4.68 Å². The van der Waals surface area contributed by atoms with Gasteiger partial charge in [-0.2, -0.15) is 5.10 Å². The second-order valence-corrected chi connectivity index (χ2v) is 6.94. The maximum absolute atomic E-state index is 12.9. The molecule has 27 heavy (non-hydrogen) atoms. The minimum Gasteiger partial charge on any atom is -0.376 e. The van der Waals surface area contributed by atoms with Gasteiger partial charge in [0.05, 0.1) is 29.2 Å². The molecule has 1 unspecified atom stereocenters. The van der Waals surface area contributed by atoms with E-state index in [1.54, 1.807) is 10.9 Å². The number of carbonyl (C=O) groups is 1. The van der Waals surface area contributed by atoms with E-state index in [1.165, 1.54) is 0 Å². The van der Waals surface area contributed by atoms with Crippen molar-refractivity contribution in [1.82, 2.24) is 15.1 Å². The Hall–Kier alpha value is -2.63. The van der Waals surface area contributed by atoms with Crippen molar-refractivity contribution in [2.75, 3.05) is 13.2 Å². The molecule has 0 bridgehead atoms. The van der Waals surface area contributed by atoms with Crippen LogP contribution < -0.4 is 5.32 Å². The Labute approximate surface area is 162 Å². The van der Waals surface area contributed by atoms with Crippen molar-refractivity contribution in [3.05, 3.63) is 71.4 Å². The third kappa shape index (κ3) is 3.89. The summed E-state index contributed by atoms with van der Waals surface area (Å²) >= 11 is 6.01. The number of rotatable bonds is 5. The molecule has 2 aromatic carbocycles. The molecule has 5 nitrogen and oxygen atoms in total. The molecule has 1 amide bonds. The molecule has 4 rings (SSSR count). The van der Waals surface area contributed by atoms with E-state index in [9.17, 15) is 4.79 Å². The van der Waals surface area contributed by atoms with Crippen LogP contribution in [0.25, 0.3) is 16.9 Å². The summed E-state index contributed by atoms with van der Waals surface area (Å²) in [6.45, 7) is 1.28. The van der Waals surface area contributed by atoms with Crippen molar-refractivity contribution in [3.63, 3.8) is 0 Å². The molecule has 1 aromatic heterocycles. The van der Waals surface area contributed by atoms with Crippen molar-refractivity contribution in [2.45, 2.75) is 18.9 Å². The number of nitrogens with one attached hydrogen (secondary N) is 1. The van der Waals surface area contributed by atoms with E-state index in [1.807, 2.05) is 54.6 Å². The molecule has 2 heterocycles. The molecule has 1 N–H and O–H groups in total. The Kier molecular flexibility index (Phi) is 5.23. The normalized spacial score (nSPS) is 16.4. The molecule has 1 aliphatic heterocycles. The fourth-order valence-electron chi connectivity index (χ4n) is 3.27. The molecule has 6 heteroatoms. The van der Waals surface area contributed by atoms with E-state index in [-0.39, 0.29) is 12.0 Å².